The lowest BCUT2D eigenvalue weighted by Crippen LogP contribution is -2.61. The highest BCUT2D eigenvalue weighted by molar-refractivity contribution is 5.35. The number of aromatic nitrogens is 3. The average Bonchev–Trinajstić information content (AvgIpc) is 3.33. The van der Waals surface area contributed by atoms with Crippen molar-refractivity contribution >= 4 is 0 Å². The number of nitrogens with zero attached hydrogens (tertiary/aromatic N) is 2. The highest BCUT2D eigenvalue weighted by Crippen LogP contribution is 2.40. The molecule has 0 unspecified atom stereocenters. The van der Waals surface area contributed by atoms with E-state index in [9.17, 15) is 36.2 Å². The van der Waals surface area contributed by atoms with E-state index in [1.807, 2.05) is 12.1 Å². The maximum atomic E-state index is 13.3. The molecular formula is C25H26F6N4O3. The van der Waals surface area contributed by atoms with Crippen LogP contribution in [0.25, 0.3) is 0 Å². The van der Waals surface area contributed by atoms with Gasteiger partial charge in [0, 0.05) is 6.54 Å². The summed E-state index contributed by atoms with van der Waals surface area (Å²) in [4.78, 5) is 12.2. The minimum absolute atomic E-state index is 0.0800. The van der Waals surface area contributed by atoms with Crippen LogP contribution in [0, 0.1) is 0 Å². The second kappa shape index (κ2) is 10.2. The van der Waals surface area contributed by atoms with Crippen LogP contribution in [0.15, 0.2) is 59.7 Å². The molecule has 0 amide bonds. The first-order chi connectivity index (χ1) is 17.8. The zero-order chi connectivity index (χ0) is 27.8. The number of nitrogens with one attached hydrogen (secondary N) is 2. The fourth-order valence-corrected chi connectivity index (χ4v) is 4.75. The zero-order valence-corrected chi connectivity index (χ0v) is 20.2. The van der Waals surface area contributed by atoms with Crippen LogP contribution in [0.1, 0.15) is 48.1 Å². The number of piperidine rings is 1. The number of rotatable bonds is 7. The van der Waals surface area contributed by atoms with Crippen LogP contribution in [0.2, 0.25) is 0 Å². The molecule has 4 rings (SSSR count). The van der Waals surface area contributed by atoms with Gasteiger partial charge in [-0.2, -0.15) is 31.4 Å². The largest absolute Gasteiger partial charge is 0.416 e. The highest BCUT2D eigenvalue weighted by Gasteiger charge is 2.46. The van der Waals surface area contributed by atoms with Gasteiger partial charge in [0.25, 0.3) is 0 Å². The van der Waals surface area contributed by atoms with Crippen molar-refractivity contribution in [3.8, 4) is 0 Å². The minimum Gasteiger partial charge on any atom is -0.394 e. The molecular weight excluding hydrogens is 518 g/mol. The fraction of sp³-hybridized carbons (Fsp3) is 0.440. The minimum atomic E-state index is -4.97. The van der Waals surface area contributed by atoms with Gasteiger partial charge in [-0.05, 0) is 49.1 Å². The first kappa shape index (κ1) is 27.9. The number of aliphatic hydroxyl groups excluding tert-OH is 1. The van der Waals surface area contributed by atoms with Crippen molar-refractivity contribution in [3.05, 3.63) is 87.6 Å². The Morgan fingerprint density at radius 2 is 1.68 bits per heavy atom. The molecule has 0 spiro atoms. The van der Waals surface area contributed by atoms with Crippen molar-refractivity contribution in [1.29, 1.82) is 0 Å². The summed E-state index contributed by atoms with van der Waals surface area (Å²) < 4.78 is 87.3. The molecule has 3 atom stereocenters. The van der Waals surface area contributed by atoms with Crippen LogP contribution in [-0.2, 0) is 28.2 Å². The summed E-state index contributed by atoms with van der Waals surface area (Å²) in [6, 6.07) is 10.4. The Morgan fingerprint density at radius 1 is 1.05 bits per heavy atom. The Kier molecular flexibility index (Phi) is 7.47. The molecule has 0 radical (unpaired) electrons. The standard InChI is InChI=1S/C25H26F6N4O3/c1-16(17-9-19(24(26,27)28)11-20(10-17)25(29,30)31)38-14-23(18-5-3-2-4-6-18)8-7-22(13-36,12-32-23)35-15-33-34-21(35)37/h2-6,9-11,15-16,32,36H,7-8,12-14H2,1H3,(H,34,37)/t16-,22-,23-/m1/s1. The normalized spacial score (nSPS) is 23.4. The number of alkyl halides is 6. The van der Waals surface area contributed by atoms with E-state index < -0.39 is 46.4 Å². The van der Waals surface area contributed by atoms with Crippen LogP contribution in [0.3, 0.4) is 0 Å². The van der Waals surface area contributed by atoms with Crippen molar-refractivity contribution in [3.63, 3.8) is 0 Å². The Labute approximate surface area is 213 Å². The van der Waals surface area contributed by atoms with Crippen LogP contribution in [-0.4, -0.2) is 39.6 Å². The van der Waals surface area contributed by atoms with Crippen LogP contribution >= 0.6 is 0 Å². The summed E-state index contributed by atoms with van der Waals surface area (Å²) in [6.07, 6.45) is -9.11. The number of halogens is 6. The molecule has 1 aromatic heterocycles. The molecule has 1 aliphatic heterocycles. The Hall–Kier alpha value is -3.16. The van der Waals surface area contributed by atoms with E-state index in [-0.39, 0.29) is 31.4 Å². The number of hydrogen-bond donors (Lipinski definition) is 3. The first-order valence-corrected chi connectivity index (χ1v) is 11.7. The Morgan fingerprint density at radius 3 is 2.16 bits per heavy atom. The van der Waals surface area contributed by atoms with Gasteiger partial charge < -0.3 is 15.2 Å². The second-order valence-electron chi connectivity index (χ2n) is 9.51. The van der Waals surface area contributed by atoms with Gasteiger partial charge in [-0.1, -0.05) is 30.3 Å². The number of aromatic amines is 1. The molecule has 13 heteroatoms. The summed E-state index contributed by atoms with van der Waals surface area (Å²) in [5.41, 5.74) is -4.71. The third-order valence-corrected chi connectivity index (χ3v) is 7.12. The SMILES string of the molecule is C[C@@H](OC[C@@]1(c2ccccc2)CC[C@@](CO)(n2cn[nH]c2=O)CN1)c1cc(C(F)(F)F)cc(C(F)(F)F)c1. The van der Waals surface area contributed by atoms with Gasteiger partial charge >= 0.3 is 18.0 Å². The highest BCUT2D eigenvalue weighted by atomic mass is 19.4. The molecule has 3 aromatic rings. The quantitative estimate of drug-likeness (QED) is 0.385. The maximum absolute atomic E-state index is 13.3. The molecule has 38 heavy (non-hydrogen) atoms. The molecule has 1 fully saturated rings. The lowest BCUT2D eigenvalue weighted by atomic mass is 9.76. The van der Waals surface area contributed by atoms with E-state index in [1.165, 1.54) is 17.8 Å². The third kappa shape index (κ3) is 5.49. The van der Waals surface area contributed by atoms with E-state index in [0.717, 1.165) is 5.56 Å². The summed E-state index contributed by atoms with van der Waals surface area (Å²) in [5, 5.41) is 19.5. The predicted molar refractivity (Wildman–Crippen MR) is 124 cm³/mol. The van der Waals surface area contributed by atoms with Gasteiger partial charge in [-0.15, -0.1) is 0 Å². The van der Waals surface area contributed by atoms with Crippen molar-refractivity contribution in [2.45, 2.75) is 49.3 Å². The molecule has 0 saturated carbocycles. The monoisotopic (exact) mass is 544 g/mol. The Balaban J connectivity index is 1.62. The lowest BCUT2D eigenvalue weighted by molar-refractivity contribution is -0.143. The first-order valence-electron chi connectivity index (χ1n) is 11.7. The molecule has 1 aliphatic rings. The van der Waals surface area contributed by atoms with Gasteiger partial charge in [0.2, 0.25) is 0 Å². The van der Waals surface area contributed by atoms with Gasteiger partial charge in [0.15, 0.2) is 0 Å². The molecule has 7 nitrogen and oxygen atoms in total. The summed E-state index contributed by atoms with van der Waals surface area (Å²) in [7, 11) is 0. The fourth-order valence-electron chi connectivity index (χ4n) is 4.75. The lowest BCUT2D eigenvalue weighted by Gasteiger charge is -2.47. The van der Waals surface area contributed by atoms with Gasteiger partial charge in [-0.25, -0.2) is 9.89 Å². The molecule has 3 N–H and O–H groups in total. The average molecular weight is 544 g/mol. The summed E-state index contributed by atoms with van der Waals surface area (Å²) in [6.45, 7) is 1.04. The van der Waals surface area contributed by atoms with E-state index in [0.29, 0.717) is 25.0 Å². The zero-order valence-electron chi connectivity index (χ0n) is 20.2. The number of ether oxygens (including phenoxy) is 1. The number of benzene rings is 2. The second-order valence-corrected chi connectivity index (χ2v) is 9.51. The van der Waals surface area contributed by atoms with E-state index >= 15 is 0 Å². The van der Waals surface area contributed by atoms with E-state index in [1.54, 1.807) is 18.2 Å². The van der Waals surface area contributed by atoms with Crippen LogP contribution < -0.4 is 11.0 Å². The van der Waals surface area contributed by atoms with Crippen molar-refractivity contribution < 1.29 is 36.2 Å². The summed E-state index contributed by atoms with van der Waals surface area (Å²) >= 11 is 0. The Bertz CT molecular complexity index is 1260. The van der Waals surface area contributed by atoms with Crippen LogP contribution in [0.5, 0.6) is 0 Å². The number of hydrogen-bond acceptors (Lipinski definition) is 5. The smallest absolute Gasteiger partial charge is 0.394 e. The molecule has 0 aliphatic carbocycles. The molecule has 2 heterocycles. The van der Waals surface area contributed by atoms with Gasteiger partial charge in [0.05, 0.1) is 41.5 Å². The van der Waals surface area contributed by atoms with E-state index in [2.05, 4.69) is 15.5 Å². The van der Waals surface area contributed by atoms with E-state index in [4.69, 9.17) is 4.74 Å². The topological polar surface area (TPSA) is 92.2 Å². The molecule has 2 aromatic carbocycles. The third-order valence-electron chi connectivity index (χ3n) is 7.12. The maximum Gasteiger partial charge on any atom is 0.416 e. The van der Waals surface area contributed by atoms with Crippen molar-refractivity contribution in [1.82, 2.24) is 20.1 Å². The van der Waals surface area contributed by atoms with Crippen LogP contribution in [0.4, 0.5) is 26.3 Å². The van der Waals surface area contributed by atoms with Crippen molar-refractivity contribution in [2.24, 2.45) is 0 Å². The molecule has 0 bridgehead atoms. The van der Waals surface area contributed by atoms with Crippen molar-refractivity contribution in [2.75, 3.05) is 19.8 Å². The molecule has 1 saturated heterocycles. The molecule has 206 valence electrons. The number of aliphatic hydroxyl groups is 1. The van der Waals surface area contributed by atoms with Gasteiger partial charge in [0.1, 0.15) is 6.33 Å². The van der Waals surface area contributed by atoms with Gasteiger partial charge in [-0.3, -0.25) is 4.57 Å². The summed E-state index contributed by atoms with van der Waals surface area (Å²) in [5.74, 6) is 0. The predicted octanol–water partition coefficient (Wildman–Crippen LogP) is 4.35. The number of H-pyrrole nitrogens is 1.